The van der Waals surface area contributed by atoms with Crippen LogP contribution in [-0.4, -0.2) is 62.9 Å². The first-order valence-corrected chi connectivity index (χ1v) is 12.1. The average molecular weight is 456 g/mol. The highest BCUT2D eigenvalue weighted by atomic mass is 32.2. The zero-order chi connectivity index (χ0) is 22.3. The van der Waals surface area contributed by atoms with E-state index in [0.29, 0.717) is 18.0 Å². The van der Waals surface area contributed by atoms with E-state index in [-0.39, 0.29) is 11.7 Å². The van der Waals surface area contributed by atoms with Crippen molar-refractivity contribution >= 4 is 29.4 Å². The molecule has 5 nitrogen and oxygen atoms in total. The maximum atomic E-state index is 14.0. The lowest BCUT2D eigenvalue weighted by atomic mass is 10.1. The van der Waals surface area contributed by atoms with Crippen molar-refractivity contribution < 1.29 is 13.9 Å². The summed E-state index contributed by atoms with van der Waals surface area (Å²) in [6, 6.07) is 13.0. The third-order valence-electron chi connectivity index (χ3n) is 5.97. The van der Waals surface area contributed by atoms with Crippen LogP contribution in [0.1, 0.15) is 18.4 Å². The van der Waals surface area contributed by atoms with Crippen LogP contribution in [-0.2, 0) is 4.79 Å². The molecule has 2 aromatic carbocycles. The van der Waals surface area contributed by atoms with Gasteiger partial charge in [0.2, 0.25) is 5.91 Å². The van der Waals surface area contributed by atoms with E-state index >= 15 is 0 Å². The van der Waals surface area contributed by atoms with Gasteiger partial charge in [0.1, 0.15) is 11.6 Å². The van der Waals surface area contributed by atoms with Crippen molar-refractivity contribution in [2.75, 3.05) is 57.0 Å². The molecule has 1 saturated heterocycles. The number of hydrogen-bond donors (Lipinski definition) is 1. The molecule has 4 rings (SSSR count). The molecule has 0 aromatic heterocycles. The summed E-state index contributed by atoms with van der Waals surface area (Å²) >= 11 is 1.69. The van der Waals surface area contributed by atoms with E-state index in [1.54, 1.807) is 24.9 Å². The summed E-state index contributed by atoms with van der Waals surface area (Å²) in [4.78, 5) is 18.3. The third-order valence-corrected chi connectivity index (χ3v) is 7.11. The van der Waals surface area contributed by atoms with Crippen molar-refractivity contribution in [1.29, 1.82) is 0 Å². The van der Waals surface area contributed by atoms with Gasteiger partial charge in [0, 0.05) is 48.9 Å². The number of rotatable bonds is 8. The molecular weight excluding hydrogens is 425 g/mol. The Kier molecular flexibility index (Phi) is 7.71. The molecule has 0 spiro atoms. The standard InChI is InChI=1S/C25H30FN3O2S/c1-31-21-8-9-24-19(17-21)16-20(18-32-24)25(30)27-10-4-5-11-28-12-14-29(15-13-28)23-7-3-2-6-22(23)26/h2-3,6-9,16-17H,4-5,10-15,18H2,1H3,(H,27,30). The van der Waals surface area contributed by atoms with Gasteiger partial charge >= 0.3 is 0 Å². The molecule has 2 aliphatic heterocycles. The molecular formula is C25H30FN3O2S. The molecule has 2 aliphatic rings. The van der Waals surface area contributed by atoms with Crippen LogP contribution in [0.25, 0.3) is 6.08 Å². The van der Waals surface area contributed by atoms with E-state index < -0.39 is 0 Å². The number of carbonyl (C=O) groups excluding carboxylic acids is 1. The number of para-hydroxylation sites is 1. The van der Waals surface area contributed by atoms with Crippen LogP contribution in [0.15, 0.2) is 52.9 Å². The predicted octanol–water partition coefficient (Wildman–Crippen LogP) is 4.04. The maximum absolute atomic E-state index is 14.0. The number of thioether (sulfide) groups is 1. The Morgan fingerprint density at radius 1 is 1.12 bits per heavy atom. The lowest BCUT2D eigenvalue weighted by Crippen LogP contribution is -2.47. The molecule has 2 heterocycles. The molecule has 0 saturated carbocycles. The molecule has 170 valence electrons. The number of nitrogens with zero attached hydrogens (tertiary/aromatic N) is 2. The van der Waals surface area contributed by atoms with Gasteiger partial charge in [-0.3, -0.25) is 9.69 Å². The molecule has 0 bridgehead atoms. The zero-order valence-electron chi connectivity index (χ0n) is 18.5. The summed E-state index contributed by atoms with van der Waals surface area (Å²) in [7, 11) is 1.65. The second kappa shape index (κ2) is 10.9. The van der Waals surface area contributed by atoms with E-state index in [4.69, 9.17) is 4.74 Å². The molecule has 7 heteroatoms. The molecule has 0 atom stereocenters. The third kappa shape index (κ3) is 5.64. The molecule has 0 radical (unpaired) electrons. The first-order chi connectivity index (χ1) is 15.6. The van der Waals surface area contributed by atoms with Crippen LogP contribution < -0.4 is 15.0 Å². The lowest BCUT2D eigenvalue weighted by molar-refractivity contribution is -0.117. The second-order valence-corrected chi connectivity index (χ2v) is 9.12. The number of carbonyl (C=O) groups is 1. The summed E-state index contributed by atoms with van der Waals surface area (Å²) in [5, 5.41) is 3.06. The van der Waals surface area contributed by atoms with Crippen molar-refractivity contribution in [3.05, 3.63) is 59.4 Å². The van der Waals surface area contributed by atoms with Crippen LogP contribution in [0.2, 0.25) is 0 Å². The summed E-state index contributed by atoms with van der Waals surface area (Å²) in [6.07, 6.45) is 3.96. The molecule has 2 aromatic rings. The Balaban J connectivity index is 1.15. The number of halogens is 1. The summed E-state index contributed by atoms with van der Waals surface area (Å²) in [5.74, 6) is 1.37. The largest absolute Gasteiger partial charge is 0.497 e. The fraction of sp³-hybridized carbons (Fsp3) is 0.400. The van der Waals surface area contributed by atoms with Crippen molar-refractivity contribution in [3.8, 4) is 5.75 Å². The van der Waals surface area contributed by atoms with Gasteiger partial charge in [0.05, 0.1) is 12.8 Å². The number of fused-ring (bicyclic) bond motifs is 1. The Morgan fingerprint density at radius 3 is 2.72 bits per heavy atom. The van der Waals surface area contributed by atoms with Crippen molar-refractivity contribution in [2.45, 2.75) is 17.7 Å². The number of amides is 1. The van der Waals surface area contributed by atoms with Gasteiger partial charge in [0.15, 0.2) is 0 Å². The minimum Gasteiger partial charge on any atom is -0.497 e. The highest BCUT2D eigenvalue weighted by Crippen LogP contribution is 2.34. The molecule has 0 aliphatic carbocycles. The molecule has 1 fully saturated rings. The number of piperazine rings is 1. The topological polar surface area (TPSA) is 44.8 Å². The first-order valence-electron chi connectivity index (χ1n) is 11.2. The van der Waals surface area contributed by atoms with Crippen molar-refractivity contribution in [3.63, 3.8) is 0 Å². The monoisotopic (exact) mass is 455 g/mol. The minimum atomic E-state index is -0.147. The number of benzene rings is 2. The zero-order valence-corrected chi connectivity index (χ0v) is 19.3. The SMILES string of the molecule is COc1ccc2c(c1)C=C(C(=O)NCCCCN1CCN(c3ccccc3F)CC1)CS2. The van der Waals surface area contributed by atoms with E-state index in [1.165, 1.54) is 11.0 Å². The van der Waals surface area contributed by atoms with E-state index in [1.807, 2.05) is 36.4 Å². The van der Waals surface area contributed by atoms with Gasteiger partial charge in [-0.15, -0.1) is 11.8 Å². The van der Waals surface area contributed by atoms with Crippen LogP contribution in [0.5, 0.6) is 5.75 Å². The van der Waals surface area contributed by atoms with E-state index in [2.05, 4.69) is 15.1 Å². The quantitative estimate of drug-likeness (QED) is 0.609. The van der Waals surface area contributed by atoms with Crippen molar-refractivity contribution in [2.24, 2.45) is 0 Å². The fourth-order valence-electron chi connectivity index (χ4n) is 4.11. The highest BCUT2D eigenvalue weighted by Gasteiger charge is 2.19. The van der Waals surface area contributed by atoms with Crippen LogP contribution in [0.4, 0.5) is 10.1 Å². The van der Waals surface area contributed by atoms with Crippen LogP contribution in [0.3, 0.4) is 0 Å². The number of nitrogens with one attached hydrogen (secondary N) is 1. The maximum Gasteiger partial charge on any atom is 0.248 e. The van der Waals surface area contributed by atoms with E-state index in [9.17, 15) is 9.18 Å². The molecule has 0 unspecified atom stereocenters. The highest BCUT2D eigenvalue weighted by molar-refractivity contribution is 7.99. The van der Waals surface area contributed by atoms with Gasteiger partial charge < -0.3 is 15.0 Å². The van der Waals surface area contributed by atoms with E-state index in [0.717, 1.165) is 62.5 Å². The number of ether oxygens (including phenoxy) is 1. The fourth-order valence-corrected chi connectivity index (χ4v) is 5.08. The number of anilines is 1. The Labute approximate surface area is 193 Å². The lowest BCUT2D eigenvalue weighted by Gasteiger charge is -2.36. The Morgan fingerprint density at radius 2 is 1.94 bits per heavy atom. The number of unbranched alkanes of at least 4 members (excludes halogenated alkanes) is 1. The van der Waals surface area contributed by atoms with Gasteiger partial charge in [-0.2, -0.15) is 0 Å². The van der Waals surface area contributed by atoms with Crippen molar-refractivity contribution in [1.82, 2.24) is 10.2 Å². The summed E-state index contributed by atoms with van der Waals surface area (Å²) in [6.45, 7) is 5.25. The molecule has 1 N–H and O–H groups in total. The molecule has 32 heavy (non-hydrogen) atoms. The first kappa shape index (κ1) is 22.7. The second-order valence-electron chi connectivity index (χ2n) is 8.11. The van der Waals surface area contributed by atoms with Crippen LogP contribution in [0, 0.1) is 5.82 Å². The Bertz CT molecular complexity index is 973. The smallest absolute Gasteiger partial charge is 0.248 e. The van der Waals surface area contributed by atoms with Gasteiger partial charge in [0.25, 0.3) is 0 Å². The average Bonchev–Trinajstić information content (AvgIpc) is 2.83. The molecule has 1 amide bonds. The van der Waals surface area contributed by atoms with Gasteiger partial charge in [-0.1, -0.05) is 12.1 Å². The Hall–Kier alpha value is -2.51. The van der Waals surface area contributed by atoms with Gasteiger partial charge in [-0.05, 0) is 61.4 Å². The number of methoxy groups -OCH3 is 1. The van der Waals surface area contributed by atoms with Crippen LogP contribution >= 0.6 is 11.8 Å². The number of hydrogen-bond acceptors (Lipinski definition) is 5. The predicted molar refractivity (Wildman–Crippen MR) is 129 cm³/mol. The minimum absolute atomic E-state index is 0.0180. The normalized spacial score (nSPS) is 16.3. The summed E-state index contributed by atoms with van der Waals surface area (Å²) < 4.78 is 19.3. The summed E-state index contributed by atoms with van der Waals surface area (Å²) in [5.41, 5.74) is 2.55. The van der Waals surface area contributed by atoms with Gasteiger partial charge in [-0.25, -0.2) is 4.39 Å².